The van der Waals surface area contributed by atoms with Crippen molar-refractivity contribution in [1.29, 1.82) is 0 Å². The van der Waals surface area contributed by atoms with Gasteiger partial charge in [-0.05, 0) is 6.08 Å². The van der Waals surface area contributed by atoms with Gasteiger partial charge < -0.3 is 0 Å². The van der Waals surface area contributed by atoms with Gasteiger partial charge in [0.25, 0.3) is 0 Å². The van der Waals surface area contributed by atoms with Crippen LogP contribution < -0.4 is 0 Å². The summed E-state index contributed by atoms with van der Waals surface area (Å²) in [4.78, 5) is 11.7. The van der Waals surface area contributed by atoms with E-state index in [2.05, 4.69) is 0 Å². The van der Waals surface area contributed by atoms with Crippen LogP contribution in [-0.4, -0.2) is 5.78 Å². The summed E-state index contributed by atoms with van der Waals surface area (Å²) >= 11 is 0. The van der Waals surface area contributed by atoms with E-state index in [0.29, 0.717) is 0 Å². The molecule has 2 heteroatoms. The van der Waals surface area contributed by atoms with Crippen LogP contribution in [-0.2, 0) is 17.1 Å². The quantitative estimate of drug-likeness (QED) is 0.296. The Balaban J connectivity index is 0.000000313. The number of allylic oxidation sites excluding steroid dienone is 1. The molecule has 0 saturated heterocycles. The van der Waals surface area contributed by atoms with E-state index in [1.54, 1.807) is 6.08 Å². The molecule has 0 amide bonds. The molecule has 0 fully saturated rings. The first kappa shape index (κ1) is 16.9. The Kier molecular flexibility index (Phi) is 7.81. The molecule has 0 aliphatic heterocycles. The van der Waals surface area contributed by atoms with E-state index in [1.807, 2.05) is 91.0 Å². The molecule has 3 rings (SSSR count). The van der Waals surface area contributed by atoms with Crippen molar-refractivity contribution in [3.05, 3.63) is 102 Å². The van der Waals surface area contributed by atoms with Crippen molar-refractivity contribution < 1.29 is 21.9 Å². The molecule has 106 valence electrons. The van der Waals surface area contributed by atoms with Gasteiger partial charge in [0.15, 0.2) is 5.78 Å². The number of hydrogen-bond donors (Lipinski definition) is 0. The van der Waals surface area contributed by atoms with E-state index in [-0.39, 0.29) is 22.9 Å². The van der Waals surface area contributed by atoms with Crippen molar-refractivity contribution in [2.45, 2.75) is 0 Å². The Morgan fingerprint density at radius 2 is 1.57 bits per heavy atom. The van der Waals surface area contributed by atoms with Gasteiger partial charge in [-0.25, -0.2) is 18.2 Å². The predicted molar refractivity (Wildman–Crippen MR) is 83.9 cm³/mol. The molecule has 0 heterocycles. The standard InChI is InChI=1S/C14H11O.C5H5.Fe/c15-14(13-8-2-1-3-9-13)11-10-12-6-4-5-7-12;1-2-4-5-3-1;/h1-11H;1-5H;/q2*-1;+2. The molecule has 3 aromatic rings. The Bertz CT molecular complexity index is 602. The van der Waals surface area contributed by atoms with Gasteiger partial charge >= 0.3 is 17.1 Å². The first-order chi connectivity index (χ1) is 9.86. The molecule has 0 radical (unpaired) electrons. The maximum atomic E-state index is 11.7. The summed E-state index contributed by atoms with van der Waals surface area (Å²) in [6.45, 7) is 0. The minimum atomic E-state index is 0. The first-order valence-corrected chi connectivity index (χ1v) is 6.52. The number of hydrogen-bond acceptors (Lipinski definition) is 1. The summed E-state index contributed by atoms with van der Waals surface area (Å²) in [7, 11) is 0. The molecule has 0 aliphatic carbocycles. The zero-order chi connectivity index (χ0) is 14.0. The molecule has 0 aromatic heterocycles. The molecule has 0 unspecified atom stereocenters. The monoisotopic (exact) mass is 316 g/mol. The van der Waals surface area contributed by atoms with Crippen LogP contribution >= 0.6 is 0 Å². The average molecular weight is 316 g/mol. The third-order valence-corrected chi connectivity index (χ3v) is 2.73. The number of benzene rings is 1. The molecule has 0 aliphatic rings. The van der Waals surface area contributed by atoms with Crippen LogP contribution in [0.4, 0.5) is 0 Å². The number of carbonyl (C=O) groups excluding carboxylic acids is 1. The SMILES string of the molecule is O=C(C=Cc1cc[cH-]c1)c1ccccc1.[Fe+2].c1cc[cH-]c1. The van der Waals surface area contributed by atoms with Crippen molar-refractivity contribution in [2.75, 3.05) is 0 Å². The van der Waals surface area contributed by atoms with E-state index in [4.69, 9.17) is 0 Å². The van der Waals surface area contributed by atoms with E-state index >= 15 is 0 Å². The van der Waals surface area contributed by atoms with Gasteiger partial charge in [-0.2, -0.15) is 42.0 Å². The van der Waals surface area contributed by atoms with Crippen LogP contribution in [0.2, 0.25) is 0 Å². The zero-order valence-electron chi connectivity index (χ0n) is 11.5. The summed E-state index contributed by atoms with van der Waals surface area (Å²) in [6, 6.07) is 27.1. The topological polar surface area (TPSA) is 17.1 Å². The molecule has 0 N–H and O–H groups in total. The van der Waals surface area contributed by atoms with E-state index in [1.165, 1.54) is 0 Å². The summed E-state index contributed by atoms with van der Waals surface area (Å²) in [5, 5.41) is 0. The van der Waals surface area contributed by atoms with Crippen molar-refractivity contribution in [2.24, 2.45) is 0 Å². The Hall–Kier alpha value is -2.15. The van der Waals surface area contributed by atoms with Crippen LogP contribution in [0.3, 0.4) is 0 Å². The summed E-state index contributed by atoms with van der Waals surface area (Å²) in [5.41, 5.74) is 1.78. The zero-order valence-corrected chi connectivity index (χ0v) is 12.6. The van der Waals surface area contributed by atoms with Crippen molar-refractivity contribution in [1.82, 2.24) is 0 Å². The Morgan fingerprint density at radius 3 is 2.10 bits per heavy atom. The number of ketones is 1. The molecular formula is C19H16FeO. The van der Waals surface area contributed by atoms with Gasteiger partial charge in [-0.1, -0.05) is 30.3 Å². The fourth-order valence-electron chi connectivity index (χ4n) is 1.69. The largest absolute Gasteiger partial charge is 2.00 e. The summed E-state index contributed by atoms with van der Waals surface area (Å²) < 4.78 is 0. The van der Waals surface area contributed by atoms with Crippen molar-refractivity contribution >= 4 is 11.9 Å². The van der Waals surface area contributed by atoms with Gasteiger partial charge in [0, 0.05) is 5.56 Å². The minimum absolute atomic E-state index is 0. The fourth-order valence-corrected chi connectivity index (χ4v) is 1.69. The van der Waals surface area contributed by atoms with Gasteiger partial charge in [0.05, 0.1) is 0 Å². The Morgan fingerprint density at radius 1 is 0.857 bits per heavy atom. The van der Waals surface area contributed by atoms with Gasteiger partial charge in [0.1, 0.15) is 0 Å². The number of rotatable bonds is 3. The predicted octanol–water partition coefficient (Wildman–Crippen LogP) is 4.70. The minimum Gasteiger partial charge on any atom is -0.289 e. The maximum Gasteiger partial charge on any atom is 2.00 e. The second-order valence-electron chi connectivity index (χ2n) is 4.24. The van der Waals surface area contributed by atoms with Crippen molar-refractivity contribution in [3.8, 4) is 0 Å². The molecule has 3 aromatic carbocycles. The molecule has 21 heavy (non-hydrogen) atoms. The van der Waals surface area contributed by atoms with Gasteiger partial charge in [-0.3, -0.25) is 4.79 Å². The maximum absolute atomic E-state index is 11.7. The number of carbonyl (C=O) groups is 1. The summed E-state index contributed by atoms with van der Waals surface area (Å²) in [6.07, 6.45) is 3.43. The third-order valence-electron chi connectivity index (χ3n) is 2.73. The van der Waals surface area contributed by atoms with Crippen LogP contribution in [0.15, 0.2) is 91.0 Å². The Labute approximate surface area is 136 Å². The summed E-state index contributed by atoms with van der Waals surface area (Å²) in [5.74, 6) is 0.0387. The second kappa shape index (κ2) is 9.71. The van der Waals surface area contributed by atoms with Crippen LogP contribution in [0.1, 0.15) is 15.9 Å². The molecule has 0 bridgehead atoms. The average Bonchev–Trinajstić information content (AvgIpc) is 3.21. The fraction of sp³-hybridized carbons (Fsp3) is 0. The first-order valence-electron chi connectivity index (χ1n) is 6.52. The molecule has 0 spiro atoms. The van der Waals surface area contributed by atoms with Gasteiger partial charge in [-0.15, -0.1) is 6.08 Å². The van der Waals surface area contributed by atoms with Gasteiger partial charge in [0.2, 0.25) is 0 Å². The van der Waals surface area contributed by atoms with E-state index < -0.39 is 0 Å². The van der Waals surface area contributed by atoms with Crippen LogP contribution in [0.25, 0.3) is 6.08 Å². The smallest absolute Gasteiger partial charge is 0.289 e. The van der Waals surface area contributed by atoms with Crippen LogP contribution in [0.5, 0.6) is 0 Å². The second-order valence-corrected chi connectivity index (χ2v) is 4.24. The molecule has 1 nitrogen and oxygen atoms in total. The van der Waals surface area contributed by atoms with Crippen molar-refractivity contribution in [3.63, 3.8) is 0 Å². The third kappa shape index (κ3) is 6.22. The molecular weight excluding hydrogens is 300 g/mol. The molecule has 0 saturated carbocycles. The van der Waals surface area contributed by atoms with Crippen LogP contribution in [0, 0.1) is 0 Å². The normalized spacial score (nSPS) is 9.52. The van der Waals surface area contributed by atoms with E-state index in [9.17, 15) is 4.79 Å². The van der Waals surface area contributed by atoms with E-state index in [0.717, 1.165) is 11.1 Å². The molecule has 0 atom stereocenters.